The maximum atomic E-state index is 14.0. The van der Waals surface area contributed by atoms with Crippen molar-refractivity contribution in [1.29, 1.82) is 0 Å². The van der Waals surface area contributed by atoms with E-state index in [9.17, 15) is 19.8 Å². The zero-order valence-corrected chi connectivity index (χ0v) is 21.8. The molecule has 2 heterocycles. The number of carbonyl (C=O) groups is 2. The highest BCUT2D eigenvalue weighted by Crippen LogP contribution is 2.47. The fraction of sp³-hybridized carbons (Fsp3) is 0.321. The molecule has 5 rings (SSSR count). The van der Waals surface area contributed by atoms with E-state index in [1.165, 1.54) is 4.90 Å². The number of aliphatic hydroxyl groups excluding tert-OH is 2. The van der Waals surface area contributed by atoms with Crippen molar-refractivity contribution in [2.24, 2.45) is 0 Å². The summed E-state index contributed by atoms with van der Waals surface area (Å²) in [6.07, 6.45) is 1.11. The highest BCUT2D eigenvalue weighted by atomic mass is 35.5. The van der Waals surface area contributed by atoms with Gasteiger partial charge in [0.05, 0.1) is 35.9 Å². The Morgan fingerprint density at radius 2 is 1.76 bits per heavy atom. The van der Waals surface area contributed by atoms with E-state index in [0.29, 0.717) is 46.7 Å². The lowest BCUT2D eigenvalue weighted by atomic mass is 9.76. The summed E-state index contributed by atoms with van der Waals surface area (Å²) in [6, 6.07) is 15.1. The Morgan fingerprint density at radius 1 is 1.03 bits per heavy atom. The van der Waals surface area contributed by atoms with Gasteiger partial charge in [0, 0.05) is 21.8 Å². The van der Waals surface area contributed by atoms with E-state index in [4.69, 9.17) is 28.0 Å². The summed E-state index contributed by atoms with van der Waals surface area (Å²) in [6.45, 7) is 0.0377. The van der Waals surface area contributed by atoms with Crippen LogP contribution in [0.4, 0.5) is 0 Å². The molecule has 2 aliphatic rings. The molecule has 1 unspecified atom stereocenters. The van der Waals surface area contributed by atoms with Crippen LogP contribution in [0.3, 0.4) is 0 Å². The minimum atomic E-state index is -0.981. The summed E-state index contributed by atoms with van der Waals surface area (Å²) in [5.41, 5.74) is 4.41. The van der Waals surface area contributed by atoms with Gasteiger partial charge in [-0.3, -0.25) is 19.4 Å². The number of fused-ring (bicyclic) bond motifs is 1. The van der Waals surface area contributed by atoms with Gasteiger partial charge in [0.25, 0.3) is 11.8 Å². The lowest BCUT2D eigenvalue weighted by Gasteiger charge is -2.49. The number of carbonyl (C=O) groups excluding carboxylic acids is 2. The SMILES string of the molecule is O=C(NOCc1ccccn1)[C@@H]1c2ccccc2C(=O)N(C2[C@H](O)CCC[C@@H]2O)[C@H]1c1ccc(Cl)cc1Cl. The van der Waals surface area contributed by atoms with Gasteiger partial charge in [0.1, 0.15) is 6.61 Å². The van der Waals surface area contributed by atoms with Crippen LogP contribution in [0.5, 0.6) is 0 Å². The fourth-order valence-corrected chi connectivity index (χ4v) is 5.99. The van der Waals surface area contributed by atoms with Gasteiger partial charge in [-0.25, -0.2) is 5.48 Å². The van der Waals surface area contributed by atoms with Crippen molar-refractivity contribution < 1.29 is 24.6 Å². The van der Waals surface area contributed by atoms with Crippen molar-refractivity contribution in [3.63, 3.8) is 0 Å². The standard InChI is InChI=1S/C28H27Cl2N3O5/c29-16-11-12-20(21(30)14-16)25-24(27(36)32-38-15-17-6-3-4-13-31-17)18-7-1-2-8-19(18)28(37)33(25)26-22(34)9-5-10-23(26)35/h1-4,6-8,11-14,22-26,34-35H,5,9-10,15H2,(H,32,36)/t22-,23+,24-,25+,26?/m1/s1. The van der Waals surface area contributed by atoms with Gasteiger partial charge in [0.2, 0.25) is 0 Å². The van der Waals surface area contributed by atoms with Crippen LogP contribution >= 0.6 is 23.2 Å². The van der Waals surface area contributed by atoms with Crippen molar-refractivity contribution in [2.45, 2.75) is 56.1 Å². The molecule has 1 aromatic heterocycles. The predicted molar refractivity (Wildman–Crippen MR) is 141 cm³/mol. The summed E-state index contributed by atoms with van der Waals surface area (Å²) < 4.78 is 0. The molecule has 8 nitrogen and oxygen atoms in total. The van der Waals surface area contributed by atoms with E-state index < -0.39 is 42.0 Å². The maximum Gasteiger partial charge on any atom is 0.255 e. The van der Waals surface area contributed by atoms with E-state index >= 15 is 0 Å². The first-order valence-electron chi connectivity index (χ1n) is 12.4. The van der Waals surface area contributed by atoms with Gasteiger partial charge in [-0.2, -0.15) is 0 Å². The third kappa shape index (κ3) is 5.15. The number of halogens is 2. The largest absolute Gasteiger partial charge is 0.391 e. The molecule has 5 atom stereocenters. The lowest BCUT2D eigenvalue weighted by molar-refractivity contribution is -0.139. The van der Waals surface area contributed by atoms with Crippen molar-refractivity contribution in [3.05, 3.63) is 99.3 Å². The molecule has 38 heavy (non-hydrogen) atoms. The van der Waals surface area contributed by atoms with E-state index in [0.717, 1.165) is 0 Å². The number of nitrogens with one attached hydrogen (secondary N) is 1. The number of hydrogen-bond donors (Lipinski definition) is 3. The highest BCUT2D eigenvalue weighted by molar-refractivity contribution is 6.35. The summed E-state index contributed by atoms with van der Waals surface area (Å²) in [7, 11) is 0. The molecule has 0 spiro atoms. The summed E-state index contributed by atoms with van der Waals surface area (Å²) in [5, 5.41) is 22.6. The topological polar surface area (TPSA) is 112 Å². The van der Waals surface area contributed by atoms with E-state index in [1.807, 2.05) is 6.07 Å². The Bertz CT molecular complexity index is 1310. The summed E-state index contributed by atoms with van der Waals surface area (Å²) in [5.74, 6) is -1.88. The molecule has 198 valence electrons. The Morgan fingerprint density at radius 3 is 2.47 bits per heavy atom. The van der Waals surface area contributed by atoms with Gasteiger partial charge < -0.3 is 15.1 Å². The molecular weight excluding hydrogens is 529 g/mol. The molecule has 1 aliphatic carbocycles. The van der Waals surface area contributed by atoms with Gasteiger partial charge in [-0.15, -0.1) is 0 Å². The normalized spacial score (nSPS) is 25.1. The maximum absolute atomic E-state index is 14.0. The first-order chi connectivity index (χ1) is 18.4. The van der Waals surface area contributed by atoms with E-state index in [-0.39, 0.29) is 11.6 Å². The first kappa shape index (κ1) is 26.6. The van der Waals surface area contributed by atoms with E-state index in [2.05, 4.69) is 10.5 Å². The van der Waals surface area contributed by atoms with Crippen molar-refractivity contribution in [1.82, 2.24) is 15.4 Å². The zero-order valence-electron chi connectivity index (χ0n) is 20.3. The molecule has 3 N–H and O–H groups in total. The van der Waals surface area contributed by atoms with Crippen LogP contribution in [-0.2, 0) is 16.2 Å². The molecule has 0 bridgehead atoms. The molecule has 1 saturated carbocycles. The second-order valence-corrected chi connectivity index (χ2v) is 10.4. The van der Waals surface area contributed by atoms with Crippen LogP contribution < -0.4 is 5.48 Å². The number of pyridine rings is 1. The van der Waals surface area contributed by atoms with Crippen LogP contribution in [0.15, 0.2) is 66.9 Å². The molecule has 0 radical (unpaired) electrons. The van der Waals surface area contributed by atoms with Gasteiger partial charge in [-0.05, 0) is 60.7 Å². The molecule has 1 fully saturated rings. The molecule has 2 amide bonds. The molecule has 3 aromatic rings. The smallest absolute Gasteiger partial charge is 0.255 e. The van der Waals surface area contributed by atoms with Crippen LogP contribution in [0, 0.1) is 0 Å². The number of aliphatic hydroxyl groups is 2. The number of benzene rings is 2. The summed E-state index contributed by atoms with van der Waals surface area (Å²) in [4.78, 5) is 39.0. The number of amides is 2. The number of hydroxylamine groups is 1. The Kier molecular flexibility index (Phi) is 7.97. The Hall–Kier alpha value is -3.01. The molecule has 2 aromatic carbocycles. The van der Waals surface area contributed by atoms with Crippen LogP contribution in [0.25, 0.3) is 0 Å². The van der Waals surface area contributed by atoms with E-state index in [1.54, 1.807) is 60.8 Å². The van der Waals surface area contributed by atoms with Crippen LogP contribution in [0.1, 0.15) is 58.4 Å². The molecule has 0 saturated heterocycles. The third-order valence-corrected chi connectivity index (χ3v) is 7.73. The van der Waals surface area contributed by atoms with Gasteiger partial charge in [0.15, 0.2) is 0 Å². The van der Waals surface area contributed by atoms with Crippen LogP contribution in [0.2, 0.25) is 10.0 Å². The fourth-order valence-electron chi connectivity index (χ4n) is 5.47. The van der Waals surface area contributed by atoms with Gasteiger partial charge >= 0.3 is 0 Å². The summed E-state index contributed by atoms with van der Waals surface area (Å²) >= 11 is 12.8. The van der Waals surface area contributed by atoms with Gasteiger partial charge in [-0.1, -0.05) is 53.5 Å². The van der Waals surface area contributed by atoms with Crippen molar-refractivity contribution in [3.8, 4) is 0 Å². The number of aromatic nitrogens is 1. The average molecular weight is 556 g/mol. The highest BCUT2D eigenvalue weighted by Gasteiger charge is 2.51. The molecule has 1 aliphatic heterocycles. The number of nitrogens with zero attached hydrogens (tertiary/aromatic N) is 2. The van der Waals surface area contributed by atoms with Crippen molar-refractivity contribution in [2.75, 3.05) is 0 Å². The Labute approximate surface area is 230 Å². The lowest BCUT2D eigenvalue weighted by Crippen LogP contribution is -2.60. The van der Waals surface area contributed by atoms with Crippen LogP contribution in [-0.4, -0.2) is 50.2 Å². The molecular formula is C28H27Cl2N3O5. The minimum absolute atomic E-state index is 0.0377. The van der Waals surface area contributed by atoms with Crippen molar-refractivity contribution >= 4 is 35.0 Å². The third-order valence-electron chi connectivity index (χ3n) is 7.17. The minimum Gasteiger partial charge on any atom is -0.391 e. The first-order valence-corrected chi connectivity index (χ1v) is 13.2. The number of rotatable bonds is 6. The average Bonchev–Trinajstić information content (AvgIpc) is 2.90. The molecule has 10 heteroatoms. The second kappa shape index (κ2) is 11.4. The number of hydrogen-bond acceptors (Lipinski definition) is 6. The zero-order chi connectivity index (χ0) is 26.8. The monoisotopic (exact) mass is 555 g/mol. The predicted octanol–water partition coefficient (Wildman–Crippen LogP) is 4.19. The second-order valence-electron chi connectivity index (χ2n) is 9.52. The Balaban J connectivity index is 1.60. The quantitative estimate of drug-likeness (QED) is 0.393.